The molecule has 0 bridgehead atoms. The summed E-state index contributed by atoms with van der Waals surface area (Å²) in [7, 11) is -1.73. The first-order chi connectivity index (χ1) is 17.9. The molecule has 0 heterocycles. The van der Waals surface area contributed by atoms with Gasteiger partial charge in [-0.1, -0.05) is 136 Å². The molecule has 5 aromatic carbocycles. The van der Waals surface area contributed by atoms with E-state index >= 15 is 0 Å². The minimum atomic E-state index is -1.73. The standard InChI is InChI=1S/C32H31OSi.C2H4.2ClH.Zr/c1-5-30(33-34(2,3)4)28-19-18-25-22-13-7-6-12-21(22)20-29(25)32(28)31-26-16-10-8-14-23(26)24-15-9-11-17-27(24)31;1-2;;;/h6-19,30H,5,20H2,1-4H3;1H,2H3;2*1H;/q-1;;;;+2/p-2. The molecule has 0 saturated carbocycles. The smallest absolute Gasteiger partial charge is 1.00 e. The van der Waals surface area contributed by atoms with Crippen molar-refractivity contribution in [1.29, 1.82) is 0 Å². The number of fused-ring (bicyclic) bond motifs is 6. The largest absolute Gasteiger partial charge is 1.00 e. The Morgan fingerprint density at radius 2 is 1.36 bits per heavy atom. The Balaban J connectivity index is 0.000000805. The van der Waals surface area contributed by atoms with Crippen LogP contribution in [0.4, 0.5) is 0 Å². The molecule has 0 saturated heterocycles. The molecule has 0 amide bonds. The van der Waals surface area contributed by atoms with Crippen molar-refractivity contribution in [1.82, 2.24) is 0 Å². The van der Waals surface area contributed by atoms with Gasteiger partial charge in [0.15, 0.2) is 8.32 Å². The molecule has 5 aromatic rings. The first-order valence-electron chi connectivity index (χ1n) is 13.3. The molecule has 1 atom stereocenters. The van der Waals surface area contributed by atoms with Crippen LogP contribution >= 0.6 is 0 Å². The van der Waals surface area contributed by atoms with Crippen LogP contribution in [0.25, 0.3) is 43.8 Å². The van der Waals surface area contributed by atoms with E-state index in [1.54, 1.807) is 0 Å². The topological polar surface area (TPSA) is 9.23 Å². The van der Waals surface area contributed by atoms with Crippen molar-refractivity contribution in [2.75, 3.05) is 0 Å². The number of benzene rings is 4. The monoisotopic (exact) mass is 647 g/mol. The van der Waals surface area contributed by atoms with E-state index in [1.807, 2.05) is 6.92 Å². The van der Waals surface area contributed by atoms with E-state index < -0.39 is 8.32 Å². The molecule has 1 aliphatic carbocycles. The molecule has 6 rings (SSSR count). The molecule has 39 heavy (non-hydrogen) atoms. The van der Waals surface area contributed by atoms with Crippen molar-refractivity contribution in [2.24, 2.45) is 0 Å². The molecule has 0 N–H and O–H groups in total. The second kappa shape index (κ2) is 13.3. The van der Waals surface area contributed by atoms with Crippen LogP contribution in [0.15, 0.2) is 84.9 Å². The molecule has 1 unspecified atom stereocenters. The number of halogens is 2. The average molecular weight is 650 g/mol. The third-order valence-corrected chi connectivity index (χ3v) is 8.16. The summed E-state index contributed by atoms with van der Waals surface area (Å²) in [5.74, 6) is 0. The van der Waals surface area contributed by atoms with Crippen LogP contribution < -0.4 is 24.8 Å². The fourth-order valence-corrected chi connectivity index (χ4v) is 7.02. The van der Waals surface area contributed by atoms with Gasteiger partial charge in [-0.05, 0) is 49.2 Å². The van der Waals surface area contributed by atoms with Gasteiger partial charge in [0.2, 0.25) is 0 Å². The Hall–Kier alpha value is -1.74. The van der Waals surface area contributed by atoms with Gasteiger partial charge in [0.05, 0.1) is 6.10 Å². The first-order valence-corrected chi connectivity index (χ1v) is 18.1. The summed E-state index contributed by atoms with van der Waals surface area (Å²) < 4.78 is 8.90. The molecule has 0 aliphatic heterocycles. The summed E-state index contributed by atoms with van der Waals surface area (Å²) in [5, 5.41) is 5.37. The van der Waals surface area contributed by atoms with Gasteiger partial charge < -0.3 is 29.2 Å². The van der Waals surface area contributed by atoms with Gasteiger partial charge in [0, 0.05) is 0 Å². The van der Waals surface area contributed by atoms with Crippen molar-refractivity contribution in [3.05, 3.63) is 102 Å². The minimum Gasteiger partial charge on any atom is -1.00 e. The Labute approximate surface area is 261 Å². The van der Waals surface area contributed by atoms with Crippen molar-refractivity contribution < 1.29 is 53.5 Å². The number of rotatable bonds is 5. The van der Waals surface area contributed by atoms with E-state index in [0.717, 1.165) is 12.8 Å². The molecule has 1 aliphatic rings. The summed E-state index contributed by atoms with van der Waals surface area (Å²) in [5.41, 5.74) is 9.77. The zero-order valence-corrected chi connectivity index (χ0v) is 28.3. The number of hydrogen-bond acceptors (Lipinski definition) is 1. The predicted octanol–water partition coefficient (Wildman–Crippen LogP) is 3.62. The van der Waals surface area contributed by atoms with Crippen LogP contribution in [0.3, 0.4) is 0 Å². The maximum atomic E-state index is 6.81. The van der Waals surface area contributed by atoms with Gasteiger partial charge in [-0.3, -0.25) is 0 Å². The number of hydrogen-bond donors (Lipinski definition) is 0. The van der Waals surface area contributed by atoms with E-state index in [9.17, 15) is 0 Å². The normalized spacial score (nSPS) is 12.5. The van der Waals surface area contributed by atoms with Crippen molar-refractivity contribution in [3.63, 3.8) is 0 Å². The zero-order valence-electron chi connectivity index (χ0n) is 23.3. The Morgan fingerprint density at radius 3 is 1.92 bits per heavy atom. The Bertz CT molecular complexity index is 1550. The van der Waals surface area contributed by atoms with Crippen LogP contribution in [0, 0.1) is 0 Å². The van der Waals surface area contributed by atoms with Crippen LogP contribution in [0.1, 0.15) is 43.1 Å². The summed E-state index contributed by atoms with van der Waals surface area (Å²) in [4.78, 5) is 0. The van der Waals surface area contributed by atoms with Crippen molar-refractivity contribution in [3.8, 4) is 22.3 Å². The SMILES string of the molecule is CCC(O[Si](C)(C)C)c1ccc2c(c1-[c-]1c3ccccc3c3ccccc31)Cc1ccccc1-2.C[CH]=[Zr+2].[Cl-].[Cl-]. The summed E-state index contributed by atoms with van der Waals surface area (Å²) >= 11 is 1.51. The van der Waals surface area contributed by atoms with E-state index in [0.29, 0.717) is 0 Å². The Morgan fingerprint density at radius 1 is 0.821 bits per heavy atom. The van der Waals surface area contributed by atoms with Crippen LogP contribution in [-0.2, 0) is 35.1 Å². The fourth-order valence-electron chi connectivity index (χ4n) is 5.87. The molecule has 1 nitrogen and oxygen atoms in total. The van der Waals surface area contributed by atoms with E-state index in [4.69, 9.17) is 4.43 Å². The second-order valence-corrected chi connectivity index (χ2v) is 16.7. The predicted molar refractivity (Wildman–Crippen MR) is 160 cm³/mol. The van der Waals surface area contributed by atoms with Crippen LogP contribution in [0.5, 0.6) is 0 Å². The molecular weight excluding hydrogens is 615 g/mol. The molecule has 0 fully saturated rings. The van der Waals surface area contributed by atoms with Gasteiger partial charge >= 0.3 is 34.9 Å². The molecular formula is C34H35Cl2OSiZr-. The van der Waals surface area contributed by atoms with E-state index in [2.05, 4.69) is 115 Å². The second-order valence-electron chi connectivity index (χ2n) is 10.8. The minimum absolute atomic E-state index is 0. The van der Waals surface area contributed by atoms with Gasteiger partial charge in [0.25, 0.3) is 0 Å². The first kappa shape index (κ1) is 31.8. The van der Waals surface area contributed by atoms with E-state index in [1.165, 1.54) is 84.7 Å². The van der Waals surface area contributed by atoms with Gasteiger partial charge in [-0.25, -0.2) is 0 Å². The maximum absolute atomic E-state index is 6.81. The molecule has 0 spiro atoms. The van der Waals surface area contributed by atoms with Crippen molar-refractivity contribution >= 4 is 33.6 Å². The molecule has 5 heteroatoms. The molecule has 0 aromatic heterocycles. The third-order valence-electron chi connectivity index (χ3n) is 7.17. The quantitative estimate of drug-likeness (QED) is 0.205. The zero-order chi connectivity index (χ0) is 26.2. The Kier molecular flexibility index (Phi) is 10.8. The summed E-state index contributed by atoms with van der Waals surface area (Å²) in [6, 6.07) is 31.4. The third kappa shape index (κ3) is 6.14. The van der Waals surface area contributed by atoms with Gasteiger partial charge in [-0.2, -0.15) is 0 Å². The van der Waals surface area contributed by atoms with Gasteiger partial charge in [-0.15, -0.1) is 0 Å². The summed E-state index contributed by atoms with van der Waals surface area (Å²) in [6.45, 7) is 11.2. The maximum Gasteiger partial charge on any atom is -1.00 e. The van der Waals surface area contributed by atoms with Crippen LogP contribution in [0.2, 0.25) is 19.6 Å². The van der Waals surface area contributed by atoms with Crippen molar-refractivity contribution in [2.45, 2.75) is 52.4 Å². The van der Waals surface area contributed by atoms with Gasteiger partial charge in [0.1, 0.15) is 0 Å². The summed E-state index contributed by atoms with van der Waals surface area (Å²) in [6.07, 6.45) is 2.05. The molecule has 200 valence electrons. The van der Waals surface area contributed by atoms with E-state index in [-0.39, 0.29) is 30.9 Å². The fraction of sp³-hybridized carbons (Fsp3) is 0.235. The average Bonchev–Trinajstić information content (AvgIpc) is 3.43. The van der Waals surface area contributed by atoms with Crippen LogP contribution in [-0.4, -0.2) is 12.0 Å². The molecule has 0 radical (unpaired) electrons.